The van der Waals surface area contributed by atoms with E-state index in [2.05, 4.69) is 4.18 Å². The van der Waals surface area contributed by atoms with E-state index >= 15 is 0 Å². The Morgan fingerprint density at radius 2 is 1.46 bits per heavy atom. The normalized spacial score (nSPS) is 41.9. The lowest BCUT2D eigenvalue weighted by Crippen LogP contribution is -2.59. The number of aliphatic hydroxyl groups is 7. The molecule has 2 saturated heterocycles. The van der Waals surface area contributed by atoms with Gasteiger partial charge < -0.3 is 64.5 Å². The van der Waals surface area contributed by atoms with Crippen LogP contribution in [0.15, 0.2) is 11.8 Å². The number of hydrogen-bond donors (Lipinski definition) is 9. The minimum absolute atomic E-state index is 0.341. The van der Waals surface area contributed by atoms with Crippen LogP contribution in [0.4, 0.5) is 0 Å². The number of ether oxygens (including phenoxy) is 5. The third-order valence-corrected chi connectivity index (χ3v) is 7.58. The van der Waals surface area contributed by atoms with Gasteiger partial charge in [-0.1, -0.05) is 0 Å². The lowest BCUT2D eigenvalue weighted by atomic mass is 9.83. The quantitative estimate of drug-likeness (QED) is 0.0924. The Morgan fingerprint density at radius 1 is 0.854 bits per heavy atom. The maximum Gasteiger partial charge on any atom is 0.397 e. The fourth-order valence-electron chi connectivity index (χ4n) is 4.83. The van der Waals surface area contributed by atoms with Gasteiger partial charge in [0, 0.05) is 11.8 Å². The lowest BCUT2D eigenvalue weighted by molar-refractivity contribution is -0.273. The molecule has 9 N–H and O–H groups in total. The van der Waals surface area contributed by atoms with Crippen LogP contribution in [-0.2, 0) is 43.1 Å². The van der Waals surface area contributed by atoms with Crippen molar-refractivity contribution in [1.82, 2.24) is 0 Å². The number of aliphatic carboxylic acids is 1. The standard InChI is InChI=1S/C22H36O18S/c1-8-16(25)20(40-41(32,33)34)19(28)15(37-8)7-35-4-9-10(22(31)39-13(3-23)17(9)26)5-36-6-14-18(27)11(24)2-12(38-14)21(29)30/h2,8-11,13-20,22-28,31H,3-7H2,1H3,(H,29,30)(H,32,33,34)/t8?,9?,10?,11?,13?,14-,15-,16+,17-,18?,19?,20?,22?/m0/s1. The van der Waals surface area contributed by atoms with Crippen molar-refractivity contribution < 1.29 is 86.5 Å². The molecule has 238 valence electrons. The summed E-state index contributed by atoms with van der Waals surface area (Å²) in [5, 5.41) is 80.5. The van der Waals surface area contributed by atoms with Crippen LogP contribution in [0.1, 0.15) is 6.92 Å². The van der Waals surface area contributed by atoms with E-state index in [9.17, 15) is 49.0 Å². The molecule has 3 aliphatic heterocycles. The topological polar surface area (TPSA) is 289 Å². The summed E-state index contributed by atoms with van der Waals surface area (Å²) in [5.74, 6) is -4.05. The molecule has 0 saturated carbocycles. The first kappa shape index (κ1) is 33.9. The van der Waals surface area contributed by atoms with Gasteiger partial charge in [-0.2, -0.15) is 8.42 Å². The predicted molar refractivity (Wildman–Crippen MR) is 128 cm³/mol. The number of carbonyl (C=O) groups is 1. The van der Waals surface area contributed by atoms with Gasteiger partial charge in [0.1, 0.15) is 42.7 Å². The highest BCUT2D eigenvalue weighted by Gasteiger charge is 2.47. The number of rotatable bonds is 12. The van der Waals surface area contributed by atoms with Crippen molar-refractivity contribution in [2.24, 2.45) is 11.8 Å². The molecule has 13 atom stereocenters. The zero-order chi connectivity index (χ0) is 30.6. The minimum Gasteiger partial charge on any atom is -0.478 e. The smallest absolute Gasteiger partial charge is 0.397 e. The molecule has 3 heterocycles. The molecule has 0 aromatic carbocycles. The van der Waals surface area contributed by atoms with E-state index in [1.54, 1.807) is 0 Å². The SMILES string of the molecule is CC1O[C@@H](COCC2C(COC[C@@H]3OC(C(=O)O)=CC(O)C3O)C(O)OC(CO)[C@H]2O)C(O)C(OS(=O)(=O)O)[C@@H]1O. The van der Waals surface area contributed by atoms with Crippen LogP contribution in [0.5, 0.6) is 0 Å². The molecule has 0 spiro atoms. The van der Waals surface area contributed by atoms with Gasteiger partial charge in [-0.25, -0.2) is 8.98 Å². The zero-order valence-corrected chi connectivity index (χ0v) is 22.5. The average Bonchev–Trinajstić information content (AvgIpc) is 2.89. The van der Waals surface area contributed by atoms with Crippen molar-refractivity contribution in [2.75, 3.05) is 33.0 Å². The van der Waals surface area contributed by atoms with Crippen LogP contribution >= 0.6 is 0 Å². The second-order valence-corrected chi connectivity index (χ2v) is 11.0. The van der Waals surface area contributed by atoms with Crippen molar-refractivity contribution in [3.63, 3.8) is 0 Å². The largest absolute Gasteiger partial charge is 0.478 e. The Labute approximate surface area is 234 Å². The molecule has 0 aromatic heterocycles. The highest BCUT2D eigenvalue weighted by atomic mass is 32.3. The molecule has 0 amide bonds. The average molecular weight is 621 g/mol. The van der Waals surface area contributed by atoms with Crippen LogP contribution < -0.4 is 0 Å². The summed E-state index contributed by atoms with van der Waals surface area (Å²) >= 11 is 0. The van der Waals surface area contributed by atoms with Gasteiger partial charge in [-0.3, -0.25) is 4.55 Å². The van der Waals surface area contributed by atoms with Crippen LogP contribution in [0.2, 0.25) is 0 Å². The van der Waals surface area contributed by atoms with E-state index in [1.807, 2.05) is 0 Å². The van der Waals surface area contributed by atoms with Gasteiger partial charge in [0.15, 0.2) is 12.4 Å². The summed E-state index contributed by atoms with van der Waals surface area (Å²) in [6, 6.07) is 0. The Balaban J connectivity index is 1.63. The molecule has 0 aliphatic carbocycles. The summed E-state index contributed by atoms with van der Waals surface area (Å²) < 4.78 is 62.5. The molecular formula is C22H36O18S. The molecule has 19 heteroatoms. The third kappa shape index (κ3) is 8.51. The van der Waals surface area contributed by atoms with Crippen molar-refractivity contribution in [3.8, 4) is 0 Å². The fourth-order valence-corrected chi connectivity index (χ4v) is 5.34. The summed E-state index contributed by atoms with van der Waals surface area (Å²) in [7, 11) is -5.03. The maximum atomic E-state index is 11.2. The van der Waals surface area contributed by atoms with E-state index in [1.165, 1.54) is 6.92 Å². The zero-order valence-electron chi connectivity index (χ0n) is 21.7. The minimum atomic E-state index is -5.03. The van der Waals surface area contributed by atoms with Crippen LogP contribution in [0.25, 0.3) is 0 Å². The fraction of sp³-hybridized carbons (Fsp3) is 0.864. The maximum absolute atomic E-state index is 11.2. The van der Waals surface area contributed by atoms with E-state index in [4.69, 9.17) is 33.3 Å². The van der Waals surface area contributed by atoms with Gasteiger partial charge in [0.2, 0.25) is 5.76 Å². The monoisotopic (exact) mass is 620 g/mol. The van der Waals surface area contributed by atoms with Gasteiger partial charge >= 0.3 is 16.4 Å². The van der Waals surface area contributed by atoms with Crippen molar-refractivity contribution >= 4 is 16.4 Å². The molecule has 41 heavy (non-hydrogen) atoms. The molecule has 2 fully saturated rings. The third-order valence-electron chi connectivity index (χ3n) is 7.11. The molecular weight excluding hydrogens is 584 g/mol. The highest BCUT2D eigenvalue weighted by Crippen LogP contribution is 2.32. The predicted octanol–water partition coefficient (Wildman–Crippen LogP) is -4.89. The molecule has 0 radical (unpaired) electrons. The van der Waals surface area contributed by atoms with Gasteiger partial charge in [-0.05, 0) is 13.0 Å². The Bertz CT molecular complexity index is 1010. The second-order valence-electron chi connectivity index (χ2n) is 9.96. The Morgan fingerprint density at radius 3 is 2.05 bits per heavy atom. The van der Waals surface area contributed by atoms with E-state index in [-0.39, 0.29) is 13.2 Å². The Kier molecular flexibility index (Phi) is 11.8. The summed E-state index contributed by atoms with van der Waals surface area (Å²) in [5.41, 5.74) is 0. The van der Waals surface area contributed by atoms with Crippen molar-refractivity contribution in [2.45, 2.75) is 74.3 Å². The first-order valence-electron chi connectivity index (χ1n) is 12.6. The van der Waals surface area contributed by atoms with E-state index in [0.29, 0.717) is 0 Å². The molecule has 3 rings (SSSR count). The summed E-state index contributed by atoms with van der Waals surface area (Å²) in [6.45, 7) is -0.853. The molecule has 0 bridgehead atoms. The molecule has 9 unspecified atom stereocenters. The number of carboxylic acids is 1. The number of hydrogen-bond acceptors (Lipinski definition) is 16. The van der Waals surface area contributed by atoms with Crippen molar-refractivity contribution in [1.29, 1.82) is 0 Å². The first-order chi connectivity index (χ1) is 19.1. The lowest BCUT2D eigenvalue weighted by Gasteiger charge is -2.43. The Hall–Kier alpha value is -1.56. The first-order valence-corrected chi connectivity index (χ1v) is 13.9. The molecule has 3 aliphatic rings. The summed E-state index contributed by atoms with van der Waals surface area (Å²) in [4.78, 5) is 11.2. The van der Waals surface area contributed by atoms with Crippen LogP contribution in [0.3, 0.4) is 0 Å². The molecule has 18 nitrogen and oxygen atoms in total. The van der Waals surface area contributed by atoms with Gasteiger partial charge in [0.25, 0.3) is 0 Å². The van der Waals surface area contributed by atoms with E-state index < -0.39 is 121 Å². The van der Waals surface area contributed by atoms with Gasteiger partial charge in [0.05, 0.1) is 45.2 Å². The number of carboxylic acid groups (broad SMARTS) is 1. The van der Waals surface area contributed by atoms with Crippen LogP contribution in [0, 0.1) is 11.8 Å². The highest BCUT2D eigenvalue weighted by molar-refractivity contribution is 7.80. The van der Waals surface area contributed by atoms with Gasteiger partial charge in [-0.15, -0.1) is 0 Å². The number of aliphatic hydroxyl groups excluding tert-OH is 7. The summed E-state index contributed by atoms with van der Waals surface area (Å²) in [6.07, 6.45) is -15.2. The van der Waals surface area contributed by atoms with Crippen LogP contribution in [-0.4, -0.2) is 160 Å². The second kappa shape index (κ2) is 14.3. The van der Waals surface area contributed by atoms with Crippen molar-refractivity contribution in [3.05, 3.63) is 11.8 Å². The van der Waals surface area contributed by atoms with E-state index in [0.717, 1.165) is 6.08 Å². The molecule has 0 aromatic rings.